The first-order valence-corrected chi connectivity index (χ1v) is 6.40. The highest BCUT2D eigenvalue weighted by Gasteiger charge is 2.19. The van der Waals surface area contributed by atoms with E-state index >= 15 is 0 Å². The van der Waals surface area contributed by atoms with Crippen LogP contribution in [0.4, 0.5) is 5.69 Å². The Morgan fingerprint density at radius 2 is 2.37 bits per heavy atom. The molecule has 0 saturated carbocycles. The van der Waals surface area contributed by atoms with E-state index in [9.17, 15) is 14.9 Å². The van der Waals surface area contributed by atoms with Crippen molar-refractivity contribution in [1.29, 1.82) is 0 Å². The lowest BCUT2D eigenvalue weighted by Crippen LogP contribution is -2.08. The van der Waals surface area contributed by atoms with Gasteiger partial charge in [-0.15, -0.1) is 11.3 Å². The highest BCUT2D eigenvalue weighted by molar-refractivity contribution is 7.09. The van der Waals surface area contributed by atoms with Crippen molar-refractivity contribution in [2.45, 2.75) is 19.9 Å². The van der Waals surface area contributed by atoms with Crippen LogP contribution in [0, 0.1) is 10.1 Å². The Labute approximate surface area is 112 Å². The summed E-state index contributed by atoms with van der Waals surface area (Å²) < 4.78 is 1.33. The summed E-state index contributed by atoms with van der Waals surface area (Å²) in [6, 6.07) is 1.05. The van der Waals surface area contributed by atoms with Crippen molar-refractivity contribution in [1.82, 2.24) is 9.55 Å². The fraction of sp³-hybridized carbons (Fsp3) is 0.273. The van der Waals surface area contributed by atoms with Gasteiger partial charge in [-0.05, 0) is 6.42 Å². The van der Waals surface area contributed by atoms with Crippen molar-refractivity contribution in [3.05, 3.63) is 44.2 Å². The van der Waals surface area contributed by atoms with Crippen LogP contribution in [0.25, 0.3) is 0 Å². The summed E-state index contributed by atoms with van der Waals surface area (Å²) in [5.41, 5.74) is 0.357. The summed E-state index contributed by atoms with van der Waals surface area (Å²) in [7, 11) is 0. The zero-order valence-corrected chi connectivity index (χ0v) is 10.9. The standard InChI is InChI=1S/C11H11N3O4S/c1-2-10-12-7(6-19-10)4-13-5-8(14(17)18)3-9(13)11(15)16/h3,5-6H,2,4H2,1H3,(H,15,16). The van der Waals surface area contributed by atoms with E-state index in [2.05, 4.69) is 4.98 Å². The molecule has 2 rings (SSSR count). The van der Waals surface area contributed by atoms with Gasteiger partial charge in [-0.25, -0.2) is 9.78 Å². The SMILES string of the molecule is CCc1nc(Cn2cc([N+](=O)[O-])cc2C(=O)O)cs1. The molecule has 0 aliphatic rings. The van der Waals surface area contributed by atoms with Gasteiger partial charge in [0.05, 0.1) is 28.4 Å². The molecule has 19 heavy (non-hydrogen) atoms. The van der Waals surface area contributed by atoms with Crippen molar-refractivity contribution in [2.75, 3.05) is 0 Å². The molecule has 2 aromatic heterocycles. The van der Waals surface area contributed by atoms with Gasteiger partial charge < -0.3 is 9.67 Å². The first-order chi connectivity index (χ1) is 9.01. The average Bonchev–Trinajstić information content (AvgIpc) is 2.96. The van der Waals surface area contributed by atoms with Crippen molar-refractivity contribution >= 4 is 23.0 Å². The maximum absolute atomic E-state index is 11.0. The van der Waals surface area contributed by atoms with Gasteiger partial charge >= 0.3 is 5.97 Å². The van der Waals surface area contributed by atoms with Crippen molar-refractivity contribution in [3.63, 3.8) is 0 Å². The number of aromatic carboxylic acids is 1. The molecule has 0 saturated heterocycles. The van der Waals surface area contributed by atoms with Crippen LogP contribution in [0.1, 0.15) is 28.1 Å². The molecule has 2 heterocycles. The number of nitro groups is 1. The Morgan fingerprint density at radius 3 is 2.89 bits per heavy atom. The molecule has 0 aliphatic heterocycles. The van der Waals surface area contributed by atoms with E-state index in [0.29, 0.717) is 5.69 Å². The Kier molecular flexibility index (Phi) is 3.61. The molecular formula is C11H11N3O4S. The fourth-order valence-electron chi connectivity index (χ4n) is 1.66. The van der Waals surface area contributed by atoms with Crippen LogP contribution in [-0.2, 0) is 13.0 Å². The number of thiazole rings is 1. The number of hydrogen-bond acceptors (Lipinski definition) is 5. The third kappa shape index (κ3) is 2.79. The van der Waals surface area contributed by atoms with E-state index in [1.165, 1.54) is 22.1 Å². The Bertz CT molecular complexity index is 632. The molecule has 2 aromatic rings. The molecule has 7 nitrogen and oxygen atoms in total. The average molecular weight is 281 g/mol. The predicted octanol–water partition coefficient (Wildman–Crippen LogP) is 2.16. The summed E-state index contributed by atoms with van der Waals surface area (Å²) in [5.74, 6) is -1.20. The van der Waals surface area contributed by atoms with Crippen LogP contribution in [0.2, 0.25) is 0 Å². The molecule has 0 fully saturated rings. The number of carbonyl (C=O) groups is 1. The van der Waals surface area contributed by atoms with Gasteiger partial charge in [-0.1, -0.05) is 6.92 Å². The summed E-state index contributed by atoms with van der Waals surface area (Å²) in [4.78, 5) is 25.4. The third-order valence-corrected chi connectivity index (χ3v) is 3.59. The maximum Gasteiger partial charge on any atom is 0.352 e. The van der Waals surface area contributed by atoms with Gasteiger partial charge in [0.15, 0.2) is 0 Å². The Hall–Kier alpha value is -2.22. The van der Waals surface area contributed by atoms with Gasteiger partial charge in [-0.2, -0.15) is 0 Å². The minimum atomic E-state index is -1.20. The Morgan fingerprint density at radius 1 is 1.63 bits per heavy atom. The molecule has 0 aromatic carbocycles. The third-order valence-electron chi connectivity index (χ3n) is 2.55. The van der Waals surface area contributed by atoms with Crippen LogP contribution < -0.4 is 0 Å². The quantitative estimate of drug-likeness (QED) is 0.669. The number of carboxylic acid groups (broad SMARTS) is 1. The molecule has 8 heteroatoms. The second kappa shape index (κ2) is 5.19. The zero-order chi connectivity index (χ0) is 14.0. The van der Waals surface area contributed by atoms with Crippen LogP contribution >= 0.6 is 11.3 Å². The molecule has 0 bridgehead atoms. The van der Waals surface area contributed by atoms with Gasteiger partial charge in [0.25, 0.3) is 5.69 Å². The van der Waals surface area contributed by atoms with Crippen molar-refractivity contribution in [3.8, 4) is 0 Å². The van der Waals surface area contributed by atoms with Gasteiger partial charge in [0, 0.05) is 11.4 Å². The largest absolute Gasteiger partial charge is 0.477 e. The predicted molar refractivity (Wildman–Crippen MR) is 68.6 cm³/mol. The zero-order valence-electron chi connectivity index (χ0n) is 10.1. The molecule has 100 valence electrons. The molecule has 0 amide bonds. The lowest BCUT2D eigenvalue weighted by Gasteiger charge is -2.02. The van der Waals surface area contributed by atoms with E-state index in [0.717, 1.165) is 17.5 Å². The number of aromatic nitrogens is 2. The second-order valence-corrected chi connectivity index (χ2v) is 4.80. The molecule has 0 unspecified atom stereocenters. The van der Waals surface area contributed by atoms with Gasteiger partial charge in [0.2, 0.25) is 0 Å². The molecular weight excluding hydrogens is 270 g/mol. The van der Waals surface area contributed by atoms with E-state index in [1.54, 1.807) is 0 Å². The van der Waals surface area contributed by atoms with Crippen LogP contribution in [-0.4, -0.2) is 25.6 Å². The summed E-state index contributed by atoms with van der Waals surface area (Å²) >= 11 is 1.49. The Balaban J connectivity index is 2.32. The highest BCUT2D eigenvalue weighted by Crippen LogP contribution is 2.19. The second-order valence-electron chi connectivity index (χ2n) is 3.86. The number of rotatable bonds is 5. The molecule has 0 aliphatic carbocycles. The van der Waals surface area contributed by atoms with Gasteiger partial charge in [0.1, 0.15) is 5.69 Å². The van der Waals surface area contributed by atoms with E-state index in [1.807, 2.05) is 12.3 Å². The smallest absolute Gasteiger partial charge is 0.352 e. The molecule has 0 atom stereocenters. The minimum absolute atomic E-state index is 0.113. The maximum atomic E-state index is 11.0. The van der Waals surface area contributed by atoms with Crippen LogP contribution in [0.15, 0.2) is 17.6 Å². The van der Waals surface area contributed by atoms with E-state index in [-0.39, 0.29) is 17.9 Å². The van der Waals surface area contributed by atoms with E-state index in [4.69, 9.17) is 5.11 Å². The number of nitrogens with zero attached hydrogens (tertiary/aromatic N) is 3. The van der Waals surface area contributed by atoms with Crippen molar-refractivity contribution in [2.24, 2.45) is 0 Å². The lowest BCUT2D eigenvalue weighted by molar-refractivity contribution is -0.384. The summed E-state index contributed by atoms with van der Waals surface area (Å²) in [6.07, 6.45) is 2.02. The highest BCUT2D eigenvalue weighted by atomic mass is 32.1. The summed E-state index contributed by atoms with van der Waals surface area (Å²) in [6.45, 7) is 2.19. The lowest BCUT2D eigenvalue weighted by atomic mass is 10.4. The van der Waals surface area contributed by atoms with Crippen LogP contribution in [0.3, 0.4) is 0 Å². The molecule has 1 N–H and O–H groups in total. The molecule has 0 spiro atoms. The van der Waals surface area contributed by atoms with Crippen LogP contribution in [0.5, 0.6) is 0 Å². The number of hydrogen-bond donors (Lipinski definition) is 1. The molecule has 0 radical (unpaired) electrons. The number of aryl methyl sites for hydroxylation is 1. The fourth-order valence-corrected chi connectivity index (χ4v) is 2.40. The topological polar surface area (TPSA) is 98.3 Å². The minimum Gasteiger partial charge on any atom is -0.477 e. The van der Waals surface area contributed by atoms with E-state index < -0.39 is 10.9 Å². The monoisotopic (exact) mass is 281 g/mol. The number of carboxylic acids is 1. The summed E-state index contributed by atoms with van der Waals surface area (Å²) in [5, 5.41) is 22.5. The van der Waals surface area contributed by atoms with Crippen molar-refractivity contribution < 1.29 is 14.8 Å². The first-order valence-electron chi connectivity index (χ1n) is 5.52. The first kappa shape index (κ1) is 13.2. The van der Waals surface area contributed by atoms with Gasteiger partial charge in [-0.3, -0.25) is 10.1 Å². The normalized spacial score (nSPS) is 10.6.